The molecule has 0 unspecified atom stereocenters. The van der Waals surface area contributed by atoms with Crippen molar-refractivity contribution in [3.63, 3.8) is 0 Å². The van der Waals surface area contributed by atoms with E-state index in [-0.39, 0.29) is 0 Å². The molecule has 1 fully saturated rings. The summed E-state index contributed by atoms with van der Waals surface area (Å²) in [6.07, 6.45) is 4.61. The zero-order valence-electron chi connectivity index (χ0n) is 9.66. The minimum Gasteiger partial charge on any atom is -0.361 e. The van der Waals surface area contributed by atoms with Gasteiger partial charge in [0.05, 0.1) is 0 Å². The number of hydrogen-bond donors (Lipinski definition) is 1. The number of aromatic nitrogens is 1. The van der Waals surface area contributed by atoms with Gasteiger partial charge in [-0.2, -0.15) is 0 Å². The highest BCUT2D eigenvalue weighted by Gasteiger charge is 2.18. The van der Waals surface area contributed by atoms with E-state index < -0.39 is 0 Å². The number of hydrogen-bond acceptors (Lipinski definition) is 0. The fourth-order valence-electron chi connectivity index (χ4n) is 2.66. The third-order valence-electron chi connectivity index (χ3n) is 3.58. The van der Waals surface area contributed by atoms with E-state index >= 15 is 0 Å². The lowest BCUT2D eigenvalue weighted by atomic mass is 9.90. The minimum absolute atomic E-state index is 0.702. The van der Waals surface area contributed by atoms with E-state index in [1.165, 1.54) is 34.9 Å². The van der Waals surface area contributed by atoms with Crippen molar-refractivity contribution in [2.24, 2.45) is 0 Å². The molecule has 1 radical (unpaired) electrons. The van der Waals surface area contributed by atoms with Gasteiger partial charge in [-0.1, -0.05) is 11.6 Å². The van der Waals surface area contributed by atoms with Gasteiger partial charge < -0.3 is 4.98 Å². The number of nitrogens with one attached hydrogen (secondary N) is 1. The van der Waals surface area contributed by atoms with E-state index in [4.69, 9.17) is 0 Å². The number of benzene rings is 1. The number of rotatable bonds is 1. The van der Waals surface area contributed by atoms with Gasteiger partial charge in [-0.05, 0) is 43.4 Å². The standard InChI is InChI=1S/C14H17N2/c1-10-2-3-14-12(8-10)13(9-16-14)11-4-6-15-7-5-11/h2-3,8-9,11,16H,4-7H2,1H3. The van der Waals surface area contributed by atoms with Crippen LogP contribution >= 0.6 is 0 Å². The first kappa shape index (κ1) is 9.91. The molecule has 1 aliphatic rings. The highest BCUT2D eigenvalue weighted by Crippen LogP contribution is 2.31. The van der Waals surface area contributed by atoms with Crippen LogP contribution in [0.15, 0.2) is 24.4 Å². The molecule has 1 N–H and O–H groups in total. The fourth-order valence-corrected chi connectivity index (χ4v) is 2.66. The van der Waals surface area contributed by atoms with Gasteiger partial charge in [0.1, 0.15) is 0 Å². The number of piperidine rings is 1. The third kappa shape index (κ3) is 1.63. The average molecular weight is 213 g/mol. The van der Waals surface area contributed by atoms with Crippen molar-refractivity contribution in [1.82, 2.24) is 10.3 Å². The van der Waals surface area contributed by atoms with Crippen LogP contribution in [0, 0.1) is 6.92 Å². The van der Waals surface area contributed by atoms with Crippen LogP contribution < -0.4 is 5.32 Å². The number of H-pyrrole nitrogens is 1. The molecule has 1 aliphatic heterocycles. The number of aromatic amines is 1. The van der Waals surface area contributed by atoms with Crippen LogP contribution in [0.2, 0.25) is 0 Å². The van der Waals surface area contributed by atoms with Gasteiger partial charge in [0.15, 0.2) is 0 Å². The van der Waals surface area contributed by atoms with Crippen LogP contribution in [0.1, 0.15) is 29.9 Å². The Labute approximate surface area is 96.1 Å². The van der Waals surface area contributed by atoms with Crippen LogP contribution in [-0.4, -0.2) is 18.1 Å². The van der Waals surface area contributed by atoms with Gasteiger partial charge in [0, 0.05) is 30.2 Å². The third-order valence-corrected chi connectivity index (χ3v) is 3.58. The molecule has 0 amide bonds. The van der Waals surface area contributed by atoms with E-state index in [0.29, 0.717) is 5.92 Å². The smallest absolute Gasteiger partial charge is 0.0457 e. The maximum Gasteiger partial charge on any atom is 0.0457 e. The van der Waals surface area contributed by atoms with Gasteiger partial charge >= 0.3 is 0 Å². The normalized spacial score (nSPS) is 18.1. The number of nitrogens with zero attached hydrogens (tertiary/aromatic N) is 1. The van der Waals surface area contributed by atoms with Crippen molar-refractivity contribution in [2.75, 3.05) is 13.1 Å². The predicted molar refractivity (Wildman–Crippen MR) is 66.9 cm³/mol. The van der Waals surface area contributed by atoms with Crippen LogP contribution in [0.3, 0.4) is 0 Å². The topological polar surface area (TPSA) is 29.9 Å². The van der Waals surface area contributed by atoms with Crippen LogP contribution in [0.4, 0.5) is 0 Å². The highest BCUT2D eigenvalue weighted by atomic mass is 14.9. The summed E-state index contributed by atoms with van der Waals surface area (Å²) in [4.78, 5) is 3.38. The zero-order valence-corrected chi connectivity index (χ0v) is 9.66. The molecule has 0 aliphatic carbocycles. The first-order valence-electron chi connectivity index (χ1n) is 6.05. The summed E-state index contributed by atoms with van der Waals surface area (Å²) >= 11 is 0. The molecule has 2 aromatic rings. The maximum atomic E-state index is 4.42. The summed E-state index contributed by atoms with van der Waals surface area (Å²) in [5.74, 6) is 0.702. The van der Waals surface area contributed by atoms with E-state index in [9.17, 15) is 0 Å². The molecule has 16 heavy (non-hydrogen) atoms. The lowest BCUT2D eigenvalue weighted by Gasteiger charge is -2.21. The largest absolute Gasteiger partial charge is 0.361 e. The molecular weight excluding hydrogens is 196 g/mol. The van der Waals surface area contributed by atoms with Gasteiger partial charge in [-0.15, -0.1) is 0 Å². The van der Waals surface area contributed by atoms with E-state index in [2.05, 4.69) is 41.6 Å². The number of aryl methyl sites for hydroxylation is 1. The molecular formula is C14H17N2. The zero-order chi connectivity index (χ0) is 11.0. The molecule has 1 aromatic carbocycles. The summed E-state index contributed by atoms with van der Waals surface area (Å²) in [6.45, 7) is 4.22. The molecule has 83 valence electrons. The molecule has 1 saturated heterocycles. The van der Waals surface area contributed by atoms with Crippen molar-refractivity contribution in [1.29, 1.82) is 0 Å². The monoisotopic (exact) mass is 213 g/mol. The SMILES string of the molecule is Cc1ccc2[nH]cc(C3CC[N]CC3)c2c1. The highest BCUT2D eigenvalue weighted by molar-refractivity contribution is 5.84. The second-order valence-electron chi connectivity index (χ2n) is 4.74. The first-order valence-corrected chi connectivity index (χ1v) is 6.05. The summed E-state index contributed by atoms with van der Waals surface area (Å²) in [5, 5.41) is 5.83. The van der Waals surface area contributed by atoms with Crippen molar-refractivity contribution < 1.29 is 0 Å². The van der Waals surface area contributed by atoms with Gasteiger partial charge in [0.2, 0.25) is 0 Å². The van der Waals surface area contributed by atoms with Crippen LogP contribution in [0.25, 0.3) is 10.9 Å². The lowest BCUT2D eigenvalue weighted by Crippen LogP contribution is -2.20. The summed E-state index contributed by atoms with van der Waals surface area (Å²) in [6, 6.07) is 6.65. The molecule has 0 saturated carbocycles. The van der Waals surface area contributed by atoms with Gasteiger partial charge in [-0.3, -0.25) is 0 Å². The molecule has 0 bridgehead atoms. The van der Waals surface area contributed by atoms with Crippen LogP contribution in [0.5, 0.6) is 0 Å². The van der Waals surface area contributed by atoms with Gasteiger partial charge in [0.25, 0.3) is 0 Å². The molecule has 2 heteroatoms. The van der Waals surface area contributed by atoms with Crippen molar-refractivity contribution in [2.45, 2.75) is 25.7 Å². The Hall–Kier alpha value is -1.28. The summed E-state index contributed by atoms with van der Waals surface area (Å²) in [5.41, 5.74) is 4.10. The second kappa shape index (κ2) is 3.95. The Morgan fingerprint density at radius 1 is 1.25 bits per heavy atom. The Morgan fingerprint density at radius 3 is 2.88 bits per heavy atom. The van der Waals surface area contributed by atoms with Gasteiger partial charge in [-0.25, -0.2) is 5.32 Å². The molecule has 1 aromatic heterocycles. The molecule has 0 atom stereocenters. The van der Waals surface area contributed by atoms with Crippen LogP contribution in [-0.2, 0) is 0 Å². The Morgan fingerprint density at radius 2 is 2.06 bits per heavy atom. The van der Waals surface area contributed by atoms with E-state index in [1.807, 2.05) is 0 Å². The summed E-state index contributed by atoms with van der Waals surface area (Å²) < 4.78 is 0. The predicted octanol–water partition coefficient (Wildman–Crippen LogP) is 2.96. The Bertz CT molecular complexity index is 492. The molecule has 2 heterocycles. The maximum absolute atomic E-state index is 4.42. The first-order chi connectivity index (χ1) is 7.84. The Kier molecular flexibility index (Phi) is 2.44. The van der Waals surface area contributed by atoms with Crippen molar-refractivity contribution in [3.8, 4) is 0 Å². The Balaban J connectivity index is 2.05. The molecule has 2 nitrogen and oxygen atoms in total. The second-order valence-corrected chi connectivity index (χ2v) is 4.74. The minimum atomic E-state index is 0.702. The molecule has 0 spiro atoms. The lowest BCUT2D eigenvalue weighted by molar-refractivity contribution is 0.455. The molecule has 3 rings (SSSR count). The quantitative estimate of drug-likeness (QED) is 0.755. The fraction of sp³-hybridized carbons (Fsp3) is 0.429. The summed E-state index contributed by atoms with van der Waals surface area (Å²) in [7, 11) is 0. The van der Waals surface area contributed by atoms with E-state index in [1.54, 1.807) is 0 Å². The number of fused-ring (bicyclic) bond motifs is 1. The van der Waals surface area contributed by atoms with Crippen molar-refractivity contribution in [3.05, 3.63) is 35.5 Å². The van der Waals surface area contributed by atoms with Crippen molar-refractivity contribution >= 4 is 10.9 Å². The average Bonchev–Trinajstić information content (AvgIpc) is 2.73. The van der Waals surface area contributed by atoms with E-state index in [0.717, 1.165) is 13.1 Å².